The molecule has 0 radical (unpaired) electrons. The van der Waals surface area contributed by atoms with Crippen molar-refractivity contribution in [1.82, 2.24) is 4.90 Å². The Morgan fingerprint density at radius 1 is 1.29 bits per heavy atom. The maximum atomic E-state index is 12.9. The summed E-state index contributed by atoms with van der Waals surface area (Å²) < 4.78 is 0.979. The lowest BCUT2D eigenvalue weighted by Crippen LogP contribution is -2.41. The molecule has 0 aliphatic carbocycles. The van der Waals surface area contributed by atoms with Gasteiger partial charge < -0.3 is 4.90 Å². The van der Waals surface area contributed by atoms with Gasteiger partial charge in [-0.3, -0.25) is 9.59 Å². The molecule has 2 rings (SSSR count). The van der Waals surface area contributed by atoms with Crippen molar-refractivity contribution in [3.8, 4) is 0 Å². The van der Waals surface area contributed by atoms with Crippen LogP contribution in [0, 0.1) is 6.92 Å². The fourth-order valence-corrected chi connectivity index (χ4v) is 3.49. The molecule has 114 valence electrons. The van der Waals surface area contributed by atoms with Gasteiger partial charge in [0.2, 0.25) is 0 Å². The molecule has 1 unspecified atom stereocenters. The van der Waals surface area contributed by atoms with Crippen molar-refractivity contribution in [2.24, 2.45) is 0 Å². The maximum absolute atomic E-state index is 12.9. The number of carbonyl (C=O) groups excluding carboxylic acids is 2. The number of rotatable bonds is 3. The van der Waals surface area contributed by atoms with Gasteiger partial charge >= 0.3 is 0 Å². The summed E-state index contributed by atoms with van der Waals surface area (Å²) in [7, 11) is 0. The SMILES string of the molecule is CC(=O)CC1CCCCCN1C(=O)c1ccc(Br)cc1C. The van der Waals surface area contributed by atoms with E-state index in [1.807, 2.05) is 30.0 Å². The van der Waals surface area contributed by atoms with Gasteiger partial charge in [-0.2, -0.15) is 0 Å². The number of ketones is 1. The number of benzene rings is 1. The number of hydrogen-bond acceptors (Lipinski definition) is 2. The minimum atomic E-state index is 0.0561. The second kappa shape index (κ2) is 7.21. The van der Waals surface area contributed by atoms with Crippen molar-refractivity contribution in [2.75, 3.05) is 6.54 Å². The fraction of sp³-hybridized carbons (Fsp3) is 0.529. The summed E-state index contributed by atoms with van der Waals surface area (Å²) in [6.07, 6.45) is 4.66. The van der Waals surface area contributed by atoms with E-state index in [0.29, 0.717) is 6.42 Å². The van der Waals surface area contributed by atoms with Gasteiger partial charge in [-0.25, -0.2) is 0 Å². The molecule has 0 aromatic heterocycles. The number of amides is 1. The van der Waals surface area contributed by atoms with E-state index in [2.05, 4.69) is 15.9 Å². The summed E-state index contributed by atoms with van der Waals surface area (Å²) in [6, 6.07) is 5.79. The first-order valence-corrected chi connectivity index (χ1v) is 8.35. The highest BCUT2D eigenvalue weighted by Gasteiger charge is 2.27. The molecular formula is C17H22BrNO2. The van der Waals surface area contributed by atoms with Crippen molar-refractivity contribution < 1.29 is 9.59 Å². The summed E-state index contributed by atoms with van der Waals surface area (Å²) in [5.41, 5.74) is 1.72. The molecule has 21 heavy (non-hydrogen) atoms. The zero-order valence-corrected chi connectivity index (χ0v) is 14.3. The third-order valence-corrected chi connectivity index (χ3v) is 4.57. The molecule has 0 spiro atoms. The van der Waals surface area contributed by atoms with Gasteiger partial charge in [-0.15, -0.1) is 0 Å². The van der Waals surface area contributed by atoms with E-state index >= 15 is 0 Å². The molecule has 1 amide bonds. The third-order valence-electron chi connectivity index (χ3n) is 4.08. The number of likely N-dealkylation sites (tertiary alicyclic amines) is 1. The van der Waals surface area contributed by atoms with E-state index in [0.717, 1.165) is 47.8 Å². The summed E-state index contributed by atoms with van der Waals surface area (Å²) in [5.74, 6) is 0.223. The Balaban J connectivity index is 2.26. The third kappa shape index (κ3) is 4.16. The molecule has 1 aliphatic heterocycles. The van der Waals surface area contributed by atoms with Crippen LogP contribution in [-0.4, -0.2) is 29.2 Å². The fourth-order valence-electron chi connectivity index (χ4n) is 3.01. The Hall–Kier alpha value is -1.16. The Bertz CT molecular complexity index is 542. The average Bonchev–Trinajstić information content (AvgIpc) is 2.63. The van der Waals surface area contributed by atoms with Crippen LogP contribution in [-0.2, 0) is 4.79 Å². The predicted octanol–water partition coefficient (Wildman–Crippen LogP) is 4.12. The Morgan fingerprint density at radius 3 is 2.71 bits per heavy atom. The quantitative estimate of drug-likeness (QED) is 0.821. The van der Waals surface area contributed by atoms with Crippen LogP contribution in [0.15, 0.2) is 22.7 Å². The highest BCUT2D eigenvalue weighted by atomic mass is 79.9. The van der Waals surface area contributed by atoms with Crippen LogP contribution in [0.1, 0.15) is 54.9 Å². The van der Waals surface area contributed by atoms with Crippen molar-refractivity contribution in [3.05, 3.63) is 33.8 Å². The first-order valence-electron chi connectivity index (χ1n) is 7.55. The van der Waals surface area contributed by atoms with Crippen LogP contribution in [0.4, 0.5) is 0 Å². The Kier molecular flexibility index (Phi) is 5.57. The highest BCUT2D eigenvalue weighted by molar-refractivity contribution is 9.10. The zero-order valence-electron chi connectivity index (χ0n) is 12.7. The van der Waals surface area contributed by atoms with Gasteiger partial charge in [0.25, 0.3) is 5.91 Å². The van der Waals surface area contributed by atoms with Crippen LogP contribution >= 0.6 is 15.9 Å². The van der Waals surface area contributed by atoms with E-state index in [9.17, 15) is 9.59 Å². The average molecular weight is 352 g/mol. The van der Waals surface area contributed by atoms with Crippen molar-refractivity contribution in [1.29, 1.82) is 0 Å². The van der Waals surface area contributed by atoms with E-state index in [-0.39, 0.29) is 17.7 Å². The molecule has 0 saturated carbocycles. The minimum absolute atomic E-state index is 0.0561. The minimum Gasteiger partial charge on any atom is -0.335 e. The molecule has 1 atom stereocenters. The van der Waals surface area contributed by atoms with Gasteiger partial charge in [-0.05, 0) is 50.5 Å². The summed E-state index contributed by atoms with van der Waals surface area (Å²) in [4.78, 5) is 26.3. The second-order valence-electron chi connectivity index (χ2n) is 5.87. The molecular weight excluding hydrogens is 330 g/mol. The van der Waals surface area contributed by atoms with Crippen molar-refractivity contribution in [2.45, 2.75) is 52.0 Å². The van der Waals surface area contributed by atoms with Crippen molar-refractivity contribution >= 4 is 27.6 Å². The molecule has 0 bridgehead atoms. The Morgan fingerprint density at radius 2 is 2.05 bits per heavy atom. The largest absolute Gasteiger partial charge is 0.335 e. The van der Waals surface area contributed by atoms with E-state index in [1.165, 1.54) is 0 Å². The molecule has 1 fully saturated rings. The molecule has 1 aromatic carbocycles. The normalized spacial score (nSPS) is 19.2. The van der Waals surface area contributed by atoms with Gasteiger partial charge in [0, 0.05) is 29.0 Å². The van der Waals surface area contributed by atoms with Gasteiger partial charge in [-0.1, -0.05) is 28.8 Å². The van der Waals surface area contributed by atoms with Gasteiger partial charge in [0.05, 0.1) is 0 Å². The predicted molar refractivity (Wildman–Crippen MR) is 87.5 cm³/mol. The number of aryl methyl sites for hydroxylation is 1. The zero-order chi connectivity index (χ0) is 15.4. The van der Waals surface area contributed by atoms with Crippen LogP contribution in [0.2, 0.25) is 0 Å². The van der Waals surface area contributed by atoms with E-state index < -0.39 is 0 Å². The molecule has 3 nitrogen and oxygen atoms in total. The lowest BCUT2D eigenvalue weighted by atomic mass is 10.0. The molecule has 1 saturated heterocycles. The maximum Gasteiger partial charge on any atom is 0.254 e. The van der Waals surface area contributed by atoms with E-state index in [1.54, 1.807) is 6.92 Å². The second-order valence-corrected chi connectivity index (χ2v) is 6.78. The topological polar surface area (TPSA) is 37.4 Å². The number of carbonyl (C=O) groups is 2. The lowest BCUT2D eigenvalue weighted by molar-refractivity contribution is -0.118. The van der Waals surface area contributed by atoms with Crippen LogP contribution < -0.4 is 0 Å². The smallest absolute Gasteiger partial charge is 0.254 e. The first kappa shape index (κ1) is 16.2. The standard InChI is InChI=1S/C17H22BrNO2/c1-12-10-14(18)7-8-16(12)17(21)19-9-5-3-4-6-15(19)11-13(2)20/h7-8,10,15H,3-6,9,11H2,1-2H3. The van der Waals surface area contributed by atoms with Gasteiger partial charge in [0.1, 0.15) is 5.78 Å². The van der Waals surface area contributed by atoms with Gasteiger partial charge in [0.15, 0.2) is 0 Å². The summed E-state index contributed by atoms with van der Waals surface area (Å²) >= 11 is 3.43. The molecule has 1 heterocycles. The molecule has 0 N–H and O–H groups in total. The van der Waals surface area contributed by atoms with Crippen molar-refractivity contribution in [3.63, 3.8) is 0 Å². The highest BCUT2D eigenvalue weighted by Crippen LogP contribution is 2.24. The molecule has 1 aromatic rings. The number of halogens is 1. The van der Waals surface area contributed by atoms with Crippen LogP contribution in [0.5, 0.6) is 0 Å². The Labute approximate surface area is 134 Å². The molecule has 1 aliphatic rings. The monoisotopic (exact) mass is 351 g/mol. The van der Waals surface area contributed by atoms with Crippen LogP contribution in [0.25, 0.3) is 0 Å². The van der Waals surface area contributed by atoms with E-state index in [4.69, 9.17) is 0 Å². The summed E-state index contributed by atoms with van der Waals surface area (Å²) in [6.45, 7) is 4.32. The lowest BCUT2D eigenvalue weighted by Gasteiger charge is -2.30. The number of nitrogens with zero attached hydrogens (tertiary/aromatic N) is 1. The molecule has 4 heteroatoms. The van der Waals surface area contributed by atoms with Crippen LogP contribution in [0.3, 0.4) is 0 Å². The first-order chi connectivity index (χ1) is 9.99. The number of hydrogen-bond donors (Lipinski definition) is 0. The summed E-state index contributed by atoms with van der Waals surface area (Å²) in [5, 5.41) is 0. The number of Topliss-reactive ketones (excluding diaryl/α,β-unsaturated/α-hetero) is 1.